The third kappa shape index (κ3) is 3.13. The lowest BCUT2D eigenvalue weighted by atomic mass is 10.1. The summed E-state index contributed by atoms with van der Waals surface area (Å²) in [5.41, 5.74) is 6.58. The van der Waals surface area contributed by atoms with Gasteiger partial charge in [0.25, 0.3) is 0 Å². The van der Waals surface area contributed by atoms with E-state index >= 15 is 0 Å². The molecule has 0 bridgehead atoms. The first kappa shape index (κ1) is 18.1. The highest BCUT2D eigenvalue weighted by Crippen LogP contribution is 2.32. The highest BCUT2D eigenvalue weighted by molar-refractivity contribution is 7.89. The minimum Gasteiger partial charge on any atom is -0.495 e. The molecule has 1 aliphatic rings. The summed E-state index contributed by atoms with van der Waals surface area (Å²) in [7, 11) is -2.17. The summed E-state index contributed by atoms with van der Waals surface area (Å²) >= 11 is 0. The molecule has 1 unspecified atom stereocenters. The maximum absolute atomic E-state index is 13.0. The lowest BCUT2D eigenvalue weighted by molar-refractivity contribution is 0.401. The molecule has 4 rings (SSSR count). The minimum atomic E-state index is -3.67. The molecule has 0 radical (unpaired) electrons. The molecule has 3 aromatic rings. The number of H-pyrrole nitrogens is 1. The van der Waals surface area contributed by atoms with Crippen LogP contribution < -0.4 is 9.46 Å². The fourth-order valence-electron chi connectivity index (χ4n) is 3.89. The number of nitrogens with one attached hydrogen (secondary N) is 2. The van der Waals surface area contributed by atoms with Crippen LogP contribution in [0.3, 0.4) is 0 Å². The molecule has 2 N–H and O–H groups in total. The number of benzene rings is 2. The number of aromatic amines is 1. The molecule has 0 spiro atoms. The van der Waals surface area contributed by atoms with Crippen molar-refractivity contribution in [3.8, 4) is 5.75 Å². The van der Waals surface area contributed by atoms with Crippen molar-refractivity contribution in [2.75, 3.05) is 7.11 Å². The number of ether oxygens (including phenoxy) is 1. The summed E-state index contributed by atoms with van der Waals surface area (Å²) in [4.78, 5) is 3.64. The minimum absolute atomic E-state index is 0.160. The van der Waals surface area contributed by atoms with Gasteiger partial charge in [0.2, 0.25) is 10.0 Å². The first-order valence-electron chi connectivity index (χ1n) is 9.06. The topological polar surface area (TPSA) is 71.2 Å². The monoisotopic (exact) mass is 384 g/mol. The lowest BCUT2D eigenvalue weighted by Crippen LogP contribution is -2.35. The predicted octanol–water partition coefficient (Wildman–Crippen LogP) is 3.55. The molecule has 0 fully saturated rings. The van der Waals surface area contributed by atoms with Crippen molar-refractivity contribution in [2.45, 2.75) is 44.6 Å². The van der Waals surface area contributed by atoms with E-state index < -0.39 is 10.0 Å². The van der Waals surface area contributed by atoms with Gasteiger partial charge in [-0.1, -0.05) is 11.6 Å². The largest absolute Gasteiger partial charge is 0.495 e. The van der Waals surface area contributed by atoms with Crippen LogP contribution in [0.4, 0.5) is 0 Å². The Morgan fingerprint density at radius 3 is 2.56 bits per heavy atom. The van der Waals surface area contributed by atoms with Gasteiger partial charge in [-0.2, -0.15) is 0 Å². The van der Waals surface area contributed by atoms with E-state index in [-0.39, 0.29) is 10.9 Å². The van der Waals surface area contributed by atoms with E-state index in [1.807, 2.05) is 13.8 Å². The highest BCUT2D eigenvalue weighted by atomic mass is 32.2. The van der Waals surface area contributed by atoms with Gasteiger partial charge in [0.1, 0.15) is 10.6 Å². The first-order valence-corrected chi connectivity index (χ1v) is 10.5. The van der Waals surface area contributed by atoms with Crippen LogP contribution in [0.25, 0.3) is 10.9 Å². The number of rotatable bonds is 4. The molecule has 2 aromatic carbocycles. The van der Waals surface area contributed by atoms with Gasteiger partial charge in [0, 0.05) is 29.1 Å². The fourth-order valence-corrected chi connectivity index (χ4v) is 5.36. The zero-order valence-electron chi connectivity index (χ0n) is 16.0. The van der Waals surface area contributed by atoms with Gasteiger partial charge < -0.3 is 9.72 Å². The van der Waals surface area contributed by atoms with Crippen LogP contribution >= 0.6 is 0 Å². The summed E-state index contributed by atoms with van der Waals surface area (Å²) in [6.45, 7) is 5.92. The summed E-state index contributed by atoms with van der Waals surface area (Å²) in [5, 5.41) is 1.19. The van der Waals surface area contributed by atoms with Crippen molar-refractivity contribution in [3.63, 3.8) is 0 Å². The summed E-state index contributed by atoms with van der Waals surface area (Å²) in [6.07, 6.45) is 1.35. The van der Waals surface area contributed by atoms with Crippen molar-refractivity contribution in [3.05, 3.63) is 58.3 Å². The molecule has 27 heavy (non-hydrogen) atoms. The van der Waals surface area contributed by atoms with Crippen LogP contribution in [0.5, 0.6) is 5.75 Å². The fraction of sp³-hybridized carbons (Fsp3) is 0.333. The zero-order chi connectivity index (χ0) is 19.3. The van der Waals surface area contributed by atoms with Gasteiger partial charge >= 0.3 is 0 Å². The Labute approximate surface area is 159 Å². The number of hydrogen-bond acceptors (Lipinski definition) is 3. The predicted molar refractivity (Wildman–Crippen MR) is 107 cm³/mol. The second-order valence-electron chi connectivity index (χ2n) is 7.44. The molecule has 0 aliphatic heterocycles. The van der Waals surface area contributed by atoms with E-state index in [1.165, 1.54) is 23.6 Å². The van der Waals surface area contributed by atoms with E-state index in [1.54, 1.807) is 12.1 Å². The summed E-state index contributed by atoms with van der Waals surface area (Å²) in [6, 6.07) is 9.63. The standard InChI is InChI=1S/C21H24N2O3S/c1-12-5-6-18-16(7-12)17-10-15(11-19(17)22-18)23-27(24,25)21-9-14(3)13(2)8-20(21)26-4/h5-9,15,22-23H,10-11H2,1-4H3. The van der Waals surface area contributed by atoms with Crippen LogP contribution in [0.15, 0.2) is 35.2 Å². The van der Waals surface area contributed by atoms with E-state index in [0.29, 0.717) is 18.6 Å². The third-order valence-electron chi connectivity index (χ3n) is 5.44. The van der Waals surface area contributed by atoms with Crippen LogP contribution in [-0.2, 0) is 22.9 Å². The average Bonchev–Trinajstić information content (AvgIpc) is 3.13. The molecule has 1 heterocycles. The number of hydrogen-bond donors (Lipinski definition) is 2. The molecule has 1 atom stereocenters. The van der Waals surface area contributed by atoms with Gasteiger partial charge in [-0.3, -0.25) is 0 Å². The maximum atomic E-state index is 13.0. The highest BCUT2D eigenvalue weighted by Gasteiger charge is 2.30. The average molecular weight is 385 g/mol. The second kappa shape index (κ2) is 6.39. The first-order chi connectivity index (χ1) is 12.8. The molecular weight excluding hydrogens is 360 g/mol. The normalized spacial score (nSPS) is 16.7. The SMILES string of the molecule is COc1cc(C)c(C)cc1S(=O)(=O)NC1Cc2[nH]c3ccc(C)cc3c2C1. The number of methoxy groups -OCH3 is 1. The van der Waals surface area contributed by atoms with Crippen molar-refractivity contribution in [2.24, 2.45) is 0 Å². The van der Waals surface area contributed by atoms with Gasteiger partial charge in [-0.25, -0.2) is 13.1 Å². The maximum Gasteiger partial charge on any atom is 0.244 e. The van der Waals surface area contributed by atoms with E-state index in [4.69, 9.17) is 4.74 Å². The molecule has 6 heteroatoms. The number of aryl methyl sites for hydroxylation is 3. The van der Waals surface area contributed by atoms with Gasteiger partial charge in [0.15, 0.2) is 0 Å². The smallest absolute Gasteiger partial charge is 0.244 e. The van der Waals surface area contributed by atoms with Gasteiger partial charge in [-0.05, 0) is 68.1 Å². The Morgan fingerprint density at radius 2 is 1.81 bits per heavy atom. The Balaban J connectivity index is 1.63. The lowest BCUT2D eigenvalue weighted by Gasteiger charge is -2.16. The molecule has 0 saturated carbocycles. The summed E-state index contributed by atoms with van der Waals surface area (Å²) < 4.78 is 34.2. The van der Waals surface area contributed by atoms with Crippen molar-refractivity contribution < 1.29 is 13.2 Å². The Bertz CT molecular complexity index is 1150. The molecule has 5 nitrogen and oxygen atoms in total. The number of aromatic nitrogens is 1. The van der Waals surface area contributed by atoms with Crippen molar-refractivity contribution in [1.82, 2.24) is 9.71 Å². The third-order valence-corrected chi connectivity index (χ3v) is 6.98. The van der Waals surface area contributed by atoms with Crippen molar-refractivity contribution >= 4 is 20.9 Å². The molecule has 142 valence electrons. The number of sulfonamides is 1. The van der Waals surface area contributed by atoms with Gasteiger partial charge in [0.05, 0.1) is 7.11 Å². The van der Waals surface area contributed by atoms with Gasteiger partial charge in [-0.15, -0.1) is 0 Å². The molecule has 1 aliphatic carbocycles. The molecule has 0 amide bonds. The van der Waals surface area contributed by atoms with E-state index in [0.717, 1.165) is 22.3 Å². The quantitative estimate of drug-likeness (QED) is 0.723. The summed E-state index contributed by atoms with van der Waals surface area (Å²) in [5.74, 6) is 0.378. The Kier molecular flexibility index (Phi) is 4.28. The van der Waals surface area contributed by atoms with E-state index in [2.05, 4.69) is 34.8 Å². The van der Waals surface area contributed by atoms with Crippen LogP contribution in [0.2, 0.25) is 0 Å². The second-order valence-corrected chi connectivity index (χ2v) is 9.13. The molecular formula is C21H24N2O3S. The molecule has 1 aromatic heterocycles. The zero-order valence-corrected chi connectivity index (χ0v) is 16.8. The van der Waals surface area contributed by atoms with E-state index in [9.17, 15) is 8.42 Å². The van der Waals surface area contributed by atoms with Crippen LogP contribution in [0.1, 0.15) is 27.9 Å². The Morgan fingerprint density at radius 1 is 1.07 bits per heavy atom. The molecule has 0 saturated heterocycles. The van der Waals surface area contributed by atoms with Crippen molar-refractivity contribution in [1.29, 1.82) is 0 Å². The van der Waals surface area contributed by atoms with Crippen LogP contribution in [-0.4, -0.2) is 26.6 Å². The van der Waals surface area contributed by atoms with Crippen LogP contribution in [0, 0.1) is 20.8 Å². The number of fused-ring (bicyclic) bond motifs is 3. The Hall–Kier alpha value is -2.31.